The third-order valence-electron chi connectivity index (χ3n) is 5.47. The number of rotatable bonds is 5. The summed E-state index contributed by atoms with van der Waals surface area (Å²) in [5.41, 5.74) is 0.606. The average Bonchev–Trinajstić information content (AvgIpc) is 2.92. The standard InChI is InChI=1S/C17H34N4/c1-4-20(5-2)14-12-19-16(18-3)21-13-11-17(15-21)9-7-6-8-10-17/h4-15H2,1-3H3,(H,18,19). The van der Waals surface area contributed by atoms with Crippen LogP contribution >= 0.6 is 0 Å². The maximum atomic E-state index is 4.51. The number of guanidine groups is 1. The fourth-order valence-electron chi connectivity index (χ4n) is 4.02. The van der Waals surface area contributed by atoms with Gasteiger partial charge >= 0.3 is 0 Å². The van der Waals surface area contributed by atoms with E-state index in [9.17, 15) is 0 Å². The van der Waals surface area contributed by atoms with E-state index in [1.807, 2.05) is 7.05 Å². The van der Waals surface area contributed by atoms with E-state index < -0.39 is 0 Å². The van der Waals surface area contributed by atoms with Crippen molar-refractivity contribution in [2.24, 2.45) is 10.4 Å². The van der Waals surface area contributed by atoms with Crippen molar-refractivity contribution in [3.05, 3.63) is 0 Å². The van der Waals surface area contributed by atoms with Crippen LogP contribution in [0.3, 0.4) is 0 Å². The van der Waals surface area contributed by atoms with E-state index in [1.165, 1.54) is 51.6 Å². The SMILES string of the molecule is CCN(CC)CCNC(=NC)N1CCC2(CCCCC2)C1. The number of hydrogen-bond donors (Lipinski definition) is 1. The molecule has 4 heteroatoms. The van der Waals surface area contributed by atoms with Gasteiger partial charge in [-0.1, -0.05) is 33.1 Å². The smallest absolute Gasteiger partial charge is 0.193 e. The monoisotopic (exact) mass is 294 g/mol. The first kappa shape index (κ1) is 16.6. The summed E-state index contributed by atoms with van der Waals surface area (Å²) in [6.45, 7) is 11.2. The maximum Gasteiger partial charge on any atom is 0.193 e. The summed E-state index contributed by atoms with van der Waals surface area (Å²) in [7, 11) is 1.92. The molecule has 2 rings (SSSR count). The molecule has 1 saturated carbocycles. The first-order chi connectivity index (χ1) is 10.2. The number of nitrogens with one attached hydrogen (secondary N) is 1. The second-order valence-electron chi connectivity index (χ2n) is 6.73. The molecule has 21 heavy (non-hydrogen) atoms. The van der Waals surface area contributed by atoms with Gasteiger partial charge in [-0.05, 0) is 37.8 Å². The molecule has 122 valence electrons. The van der Waals surface area contributed by atoms with Crippen LogP contribution < -0.4 is 5.32 Å². The zero-order chi connectivity index (χ0) is 15.1. The quantitative estimate of drug-likeness (QED) is 0.624. The Kier molecular flexibility index (Phi) is 6.34. The molecular formula is C17H34N4. The van der Waals surface area contributed by atoms with Gasteiger partial charge in [-0.2, -0.15) is 0 Å². The van der Waals surface area contributed by atoms with Crippen molar-refractivity contribution in [2.45, 2.75) is 52.4 Å². The van der Waals surface area contributed by atoms with Gasteiger partial charge in [-0.3, -0.25) is 4.99 Å². The predicted octanol–water partition coefficient (Wildman–Crippen LogP) is 2.56. The van der Waals surface area contributed by atoms with E-state index >= 15 is 0 Å². The molecule has 0 amide bonds. The fraction of sp³-hybridized carbons (Fsp3) is 0.941. The topological polar surface area (TPSA) is 30.9 Å². The average molecular weight is 294 g/mol. The summed E-state index contributed by atoms with van der Waals surface area (Å²) >= 11 is 0. The van der Waals surface area contributed by atoms with Crippen LogP contribution in [-0.2, 0) is 0 Å². The Hall–Kier alpha value is -0.770. The minimum absolute atomic E-state index is 0.606. The van der Waals surface area contributed by atoms with Gasteiger partial charge in [0.1, 0.15) is 0 Å². The molecule has 0 atom stereocenters. The first-order valence-electron chi connectivity index (χ1n) is 8.91. The zero-order valence-electron chi connectivity index (χ0n) is 14.3. The summed E-state index contributed by atoms with van der Waals surface area (Å²) in [5, 5.41) is 3.57. The molecule has 1 saturated heterocycles. The molecule has 2 fully saturated rings. The number of hydrogen-bond acceptors (Lipinski definition) is 2. The van der Waals surface area contributed by atoms with Crippen molar-refractivity contribution >= 4 is 5.96 Å². The number of likely N-dealkylation sites (N-methyl/N-ethyl adjacent to an activating group) is 1. The Bertz CT molecular complexity index is 330. The van der Waals surface area contributed by atoms with E-state index in [0.717, 1.165) is 32.1 Å². The molecular weight excluding hydrogens is 260 g/mol. The van der Waals surface area contributed by atoms with Crippen molar-refractivity contribution in [2.75, 3.05) is 46.3 Å². The Morgan fingerprint density at radius 2 is 1.86 bits per heavy atom. The third kappa shape index (κ3) is 4.35. The number of nitrogens with zero attached hydrogens (tertiary/aromatic N) is 3. The van der Waals surface area contributed by atoms with Crippen molar-refractivity contribution in [1.82, 2.24) is 15.1 Å². The molecule has 1 heterocycles. The van der Waals surface area contributed by atoms with E-state index in [4.69, 9.17) is 0 Å². The van der Waals surface area contributed by atoms with Gasteiger partial charge in [0.25, 0.3) is 0 Å². The van der Waals surface area contributed by atoms with Gasteiger partial charge in [0.2, 0.25) is 0 Å². The predicted molar refractivity (Wildman–Crippen MR) is 90.9 cm³/mol. The van der Waals surface area contributed by atoms with Crippen LogP contribution in [0.15, 0.2) is 4.99 Å². The van der Waals surface area contributed by atoms with Crippen LogP contribution in [0, 0.1) is 5.41 Å². The molecule has 0 aromatic rings. The van der Waals surface area contributed by atoms with Crippen LogP contribution in [-0.4, -0.2) is 62.1 Å². The second-order valence-corrected chi connectivity index (χ2v) is 6.73. The molecule has 2 aliphatic rings. The normalized spacial score (nSPS) is 22.3. The minimum Gasteiger partial charge on any atom is -0.355 e. The van der Waals surface area contributed by atoms with Crippen LogP contribution in [0.25, 0.3) is 0 Å². The number of aliphatic imine (C=N–C) groups is 1. The highest BCUT2D eigenvalue weighted by Gasteiger charge is 2.39. The van der Waals surface area contributed by atoms with Crippen LogP contribution in [0.5, 0.6) is 0 Å². The Morgan fingerprint density at radius 3 is 2.48 bits per heavy atom. The third-order valence-corrected chi connectivity index (χ3v) is 5.47. The fourth-order valence-corrected chi connectivity index (χ4v) is 4.02. The lowest BCUT2D eigenvalue weighted by molar-refractivity contribution is 0.203. The van der Waals surface area contributed by atoms with E-state index in [0.29, 0.717) is 5.41 Å². The molecule has 0 aromatic heterocycles. The largest absolute Gasteiger partial charge is 0.355 e. The lowest BCUT2D eigenvalue weighted by Gasteiger charge is -2.33. The highest BCUT2D eigenvalue weighted by Crippen LogP contribution is 2.43. The van der Waals surface area contributed by atoms with Gasteiger partial charge in [0.05, 0.1) is 0 Å². The minimum atomic E-state index is 0.606. The van der Waals surface area contributed by atoms with Gasteiger partial charge in [0.15, 0.2) is 5.96 Å². The Balaban J connectivity index is 1.79. The zero-order valence-corrected chi connectivity index (χ0v) is 14.3. The maximum absolute atomic E-state index is 4.51. The van der Waals surface area contributed by atoms with Crippen molar-refractivity contribution in [3.63, 3.8) is 0 Å². The van der Waals surface area contributed by atoms with Gasteiger partial charge in [0, 0.05) is 33.2 Å². The molecule has 0 unspecified atom stereocenters. The summed E-state index contributed by atoms with van der Waals surface area (Å²) in [4.78, 5) is 9.45. The molecule has 0 radical (unpaired) electrons. The van der Waals surface area contributed by atoms with Gasteiger partial charge < -0.3 is 15.1 Å². The molecule has 4 nitrogen and oxygen atoms in total. The summed E-state index contributed by atoms with van der Waals surface area (Å²) < 4.78 is 0. The van der Waals surface area contributed by atoms with Gasteiger partial charge in [-0.25, -0.2) is 0 Å². The second kappa shape index (κ2) is 8.02. The molecule has 1 aliphatic carbocycles. The van der Waals surface area contributed by atoms with Crippen molar-refractivity contribution in [3.8, 4) is 0 Å². The molecule has 1 aliphatic heterocycles. The molecule has 1 N–H and O–H groups in total. The van der Waals surface area contributed by atoms with Gasteiger partial charge in [-0.15, -0.1) is 0 Å². The number of likely N-dealkylation sites (tertiary alicyclic amines) is 1. The summed E-state index contributed by atoms with van der Waals surface area (Å²) in [5.74, 6) is 1.12. The van der Waals surface area contributed by atoms with Crippen molar-refractivity contribution < 1.29 is 0 Å². The Labute approximate surface area is 131 Å². The highest BCUT2D eigenvalue weighted by atomic mass is 15.3. The first-order valence-corrected chi connectivity index (χ1v) is 8.91. The van der Waals surface area contributed by atoms with E-state index in [2.05, 4.69) is 34.0 Å². The summed E-state index contributed by atoms with van der Waals surface area (Å²) in [6, 6.07) is 0. The highest BCUT2D eigenvalue weighted by molar-refractivity contribution is 5.80. The Morgan fingerprint density at radius 1 is 1.14 bits per heavy atom. The lowest BCUT2D eigenvalue weighted by Crippen LogP contribution is -2.44. The molecule has 1 spiro atoms. The molecule has 0 aromatic carbocycles. The van der Waals surface area contributed by atoms with E-state index in [1.54, 1.807) is 0 Å². The van der Waals surface area contributed by atoms with Crippen molar-refractivity contribution in [1.29, 1.82) is 0 Å². The van der Waals surface area contributed by atoms with E-state index in [-0.39, 0.29) is 0 Å². The van der Waals surface area contributed by atoms with Crippen LogP contribution in [0.2, 0.25) is 0 Å². The molecule has 0 bridgehead atoms. The lowest BCUT2D eigenvalue weighted by atomic mass is 9.73. The summed E-state index contributed by atoms with van der Waals surface area (Å²) in [6.07, 6.45) is 8.53. The van der Waals surface area contributed by atoms with Crippen LogP contribution in [0.4, 0.5) is 0 Å². The van der Waals surface area contributed by atoms with Crippen LogP contribution in [0.1, 0.15) is 52.4 Å².